The van der Waals surface area contributed by atoms with Crippen LogP contribution in [0.25, 0.3) is 6.08 Å². The molecule has 2 aliphatic rings. The number of amides is 3. The molecule has 2 aliphatic heterocycles. The van der Waals surface area contributed by atoms with Crippen molar-refractivity contribution < 1.29 is 28.6 Å². The van der Waals surface area contributed by atoms with Gasteiger partial charge in [0.25, 0.3) is 17.1 Å². The lowest BCUT2D eigenvalue weighted by atomic mass is 10.1. The summed E-state index contributed by atoms with van der Waals surface area (Å²) in [5.41, 5.74) is 2.11. The van der Waals surface area contributed by atoms with Gasteiger partial charge in [-0.15, -0.1) is 0 Å². The molecule has 2 aromatic carbocycles. The van der Waals surface area contributed by atoms with Crippen molar-refractivity contribution in [3.63, 3.8) is 0 Å². The van der Waals surface area contributed by atoms with Crippen molar-refractivity contribution in [1.82, 2.24) is 10.2 Å². The van der Waals surface area contributed by atoms with Crippen molar-refractivity contribution in [1.29, 1.82) is 0 Å². The van der Waals surface area contributed by atoms with Gasteiger partial charge in [-0.3, -0.25) is 19.3 Å². The number of nitrogens with zero attached hydrogens (tertiary/aromatic N) is 1. The molecule has 0 radical (unpaired) electrons. The zero-order chi connectivity index (χ0) is 21.8. The van der Waals surface area contributed by atoms with Gasteiger partial charge in [-0.1, -0.05) is 18.2 Å². The number of fused-ring (bicyclic) bond motifs is 1. The molecular formula is C22H20N2O6S. The normalized spacial score (nSPS) is 16.3. The highest BCUT2D eigenvalue weighted by atomic mass is 32.2. The van der Waals surface area contributed by atoms with Gasteiger partial charge in [-0.05, 0) is 53.2 Å². The maximum absolute atomic E-state index is 12.6. The summed E-state index contributed by atoms with van der Waals surface area (Å²) in [4.78, 5) is 38.7. The van der Waals surface area contributed by atoms with E-state index < -0.39 is 0 Å². The van der Waals surface area contributed by atoms with Gasteiger partial charge in [0.1, 0.15) is 0 Å². The van der Waals surface area contributed by atoms with Crippen molar-refractivity contribution in [2.24, 2.45) is 0 Å². The van der Waals surface area contributed by atoms with E-state index in [0.717, 1.165) is 27.8 Å². The standard InChI is InChI=1S/C22H20N2O6S/c1-28-12-15-3-2-4-16(9-15)20(25)23-7-8-24-21(26)19(31-22(24)27)11-14-5-6-17-18(10-14)30-13-29-17/h2-6,9-11H,7-8,12-13H2,1H3,(H,23,25)/b19-11-. The summed E-state index contributed by atoms with van der Waals surface area (Å²) in [6.45, 7) is 0.820. The van der Waals surface area contributed by atoms with Crippen molar-refractivity contribution in [2.75, 3.05) is 27.0 Å². The van der Waals surface area contributed by atoms with E-state index in [1.807, 2.05) is 6.07 Å². The van der Waals surface area contributed by atoms with E-state index in [-0.39, 0.29) is 36.9 Å². The van der Waals surface area contributed by atoms with Gasteiger partial charge in [0.15, 0.2) is 11.5 Å². The molecule has 2 aromatic rings. The number of rotatable bonds is 7. The summed E-state index contributed by atoms with van der Waals surface area (Å²) in [6.07, 6.45) is 1.65. The Morgan fingerprint density at radius 1 is 1.19 bits per heavy atom. The van der Waals surface area contributed by atoms with Gasteiger partial charge in [0, 0.05) is 25.8 Å². The summed E-state index contributed by atoms with van der Waals surface area (Å²) >= 11 is 0.872. The van der Waals surface area contributed by atoms with Gasteiger partial charge in [0.2, 0.25) is 6.79 Å². The molecule has 0 bridgehead atoms. The number of ether oxygens (including phenoxy) is 3. The largest absolute Gasteiger partial charge is 0.454 e. The SMILES string of the molecule is COCc1cccc(C(=O)NCCN2C(=O)S/C(=C\c3ccc4c(c3)OCO4)C2=O)c1. The molecule has 1 saturated heterocycles. The van der Waals surface area contributed by atoms with Crippen LogP contribution in [0.2, 0.25) is 0 Å². The minimum Gasteiger partial charge on any atom is -0.454 e. The fourth-order valence-electron chi connectivity index (χ4n) is 3.20. The molecule has 0 saturated carbocycles. The van der Waals surface area contributed by atoms with E-state index in [2.05, 4.69) is 5.32 Å². The first kappa shape index (κ1) is 21.0. The number of nitrogens with one attached hydrogen (secondary N) is 1. The lowest BCUT2D eigenvalue weighted by Crippen LogP contribution is -2.37. The third-order valence-electron chi connectivity index (χ3n) is 4.69. The fourth-order valence-corrected chi connectivity index (χ4v) is 4.06. The topological polar surface area (TPSA) is 94.2 Å². The van der Waals surface area contributed by atoms with Crippen molar-refractivity contribution in [3.05, 3.63) is 64.1 Å². The van der Waals surface area contributed by atoms with Crippen LogP contribution in [0, 0.1) is 0 Å². The molecule has 0 unspecified atom stereocenters. The first-order valence-corrected chi connectivity index (χ1v) is 10.4. The second-order valence-corrected chi connectivity index (χ2v) is 7.83. The molecule has 160 valence electrons. The number of imide groups is 1. The number of benzene rings is 2. The lowest BCUT2D eigenvalue weighted by Gasteiger charge is -2.13. The number of carbonyl (C=O) groups is 3. The highest BCUT2D eigenvalue weighted by Gasteiger charge is 2.34. The number of hydrogen-bond acceptors (Lipinski definition) is 7. The second-order valence-electron chi connectivity index (χ2n) is 6.84. The Hall–Kier alpha value is -3.30. The minimum atomic E-state index is -0.385. The van der Waals surface area contributed by atoms with Crippen molar-refractivity contribution >= 4 is 34.9 Å². The predicted octanol–water partition coefficient (Wildman–Crippen LogP) is 3.03. The van der Waals surface area contributed by atoms with Gasteiger partial charge >= 0.3 is 0 Å². The molecule has 0 spiro atoms. The van der Waals surface area contributed by atoms with Gasteiger partial charge in [-0.25, -0.2) is 0 Å². The van der Waals surface area contributed by atoms with E-state index >= 15 is 0 Å². The summed E-state index contributed by atoms with van der Waals surface area (Å²) < 4.78 is 15.7. The average molecular weight is 440 g/mol. The molecule has 2 heterocycles. The van der Waals surface area contributed by atoms with Crippen LogP contribution in [0.5, 0.6) is 11.5 Å². The number of thioether (sulfide) groups is 1. The summed E-state index contributed by atoms with van der Waals surface area (Å²) in [7, 11) is 1.59. The Morgan fingerprint density at radius 2 is 2.03 bits per heavy atom. The summed E-state index contributed by atoms with van der Waals surface area (Å²) in [5.74, 6) is 0.587. The minimum absolute atomic E-state index is 0.0899. The third-order valence-corrected chi connectivity index (χ3v) is 5.60. The van der Waals surface area contributed by atoms with Crippen LogP contribution >= 0.6 is 11.8 Å². The molecule has 0 atom stereocenters. The van der Waals surface area contributed by atoms with E-state index in [0.29, 0.717) is 28.6 Å². The Kier molecular flexibility index (Phi) is 6.24. The molecule has 9 heteroatoms. The molecule has 0 aliphatic carbocycles. The van der Waals surface area contributed by atoms with Gasteiger partial charge < -0.3 is 19.5 Å². The van der Waals surface area contributed by atoms with Gasteiger partial charge in [-0.2, -0.15) is 0 Å². The Bertz CT molecular complexity index is 1070. The average Bonchev–Trinajstić information content (AvgIpc) is 3.33. The Morgan fingerprint density at radius 3 is 2.87 bits per heavy atom. The molecule has 8 nitrogen and oxygen atoms in total. The molecule has 1 N–H and O–H groups in total. The van der Waals surface area contributed by atoms with Crippen molar-refractivity contribution in [3.8, 4) is 11.5 Å². The summed E-state index contributed by atoms with van der Waals surface area (Å²) in [6, 6.07) is 12.4. The van der Waals surface area contributed by atoms with Crippen LogP contribution in [-0.4, -0.2) is 48.9 Å². The first-order valence-electron chi connectivity index (χ1n) is 9.56. The van der Waals surface area contributed by atoms with E-state index in [1.165, 1.54) is 0 Å². The third kappa shape index (κ3) is 4.73. The van der Waals surface area contributed by atoms with E-state index in [4.69, 9.17) is 14.2 Å². The molecule has 3 amide bonds. The van der Waals surface area contributed by atoms with E-state index in [9.17, 15) is 14.4 Å². The Balaban J connectivity index is 1.35. The fraction of sp³-hybridized carbons (Fsp3) is 0.227. The lowest BCUT2D eigenvalue weighted by molar-refractivity contribution is -0.122. The molecule has 31 heavy (non-hydrogen) atoms. The molecule has 0 aromatic heterocycles. The molecular weight excluding hydrogens is 420 g/mol. The first-order chi connectivity index (χ1) is 15.0. The van der Waals surface area contributed by atoms with E-state index in [1.54, 1.807) is 49.6 Å². The number of carbonyl (C=O) groups excluding carboxylic acids is 3. The highest BCUT2D eigenvalue weighted by molar-refractivity contribution is 8.18. The molecule has 1 fully saturated rings. The van der Waals surface area contributed by atoms with Crippen molar-refractivity contribution in [2.45, 2.75) is 6.61 Å². The molecule has 4 rings (SSSR count). The van der Waals surface area contributed by atoms with Crippen LogP contribution < -0.4 is 14.8 Å². The maximum atomic E-state index is 12.6. The highest BCUT2D eigenvalue weighted by Crippen LogP contribution is 2.36. The quantitative estimate of drug-likeness (QED) is 0.662. The maximum Gasteiger partial charge on any atom is 0.293 e. The van der Waals surface area contributed by atoms with Crippen LogP contribution in [0.1, 0.15) is 21.5 Å². The zero-order valence-corrected chi connectivity index (χ0v) is 17.6. The number of methoxy groups -OCH3 is 1. The zero-order valence-electron chi connectivity index (χ0n) is 16.8. The Labute approximate surface area is 183 Å². The van der Waals surface area contributed by atoms with Crippen LogP contribution in [0.3, 0.4) is 0 Å². The van der Waals surface area contributed by atoms with Gasteiger partial charge in [0.05, 0.1) is 11.5 Å². The predicted molar refractivity (Wildman–Crippen MR) is 115 cm³/mol. The van der Waals surface area contributed by atoms with Crippen LogP contribution in [0.15, 0.2) is 47.4 Å². The monoisotopic (exact) mass is 440 g/mol. The smallest absolute Gasteiger partial charge is 0.293 e. The van der Waals surface area contributed by atoms with Crippen LogP contribution in [0.4, 0.5) is 4.79 Å². The van der Waals surface area contributed by atoms with Crippen LogP contribution in [-0.2, 0) is 16.1 Å². The second kappa shape index (κ2) is 9.23. The number of hydrogen-bond donors (Lipinski definition) is 1. The summed E-state index contributed by atoms with van der Waals surface area (Å²) in [5, 5.41) is 2.38.